The van der Waals surface area contributed by atoms with E-state index in [2.05, 4.69) is 20.4 Å². The van der Waals surface area contributed by atoms with Gasteiger partial charge in [-0.1, -0.05) is 23.7 Å². The molecule has 1 aliphatic rings. The maximum Gasteiger partial charge on any atom is 0.271 e. The third kappa shape index (κ3) is 2.93. The molecule has 0 radical (unpaired) electrons. The number of hydrogen-bond donors (Lipinski definition) is 2. The molecule has 128 valence electrons. The summed E-state index contributed by atoms with van der Waals surface area (Å²) in [6.45, 7) is 2.51. The van der Waals surface area contributed by atoms with Crippen LogP contribution in [0.15, 0.2) is 30.5 Å². The third-order valence-corrected chi connectivity index (χ3v) is 4.82. The van der Waals surface area contributed by atoms with Gasteiger partial charge in [0.15, 0.2) is 0 Å². The second-order valence-electron chi connectivity index (χ2n) is 6.38. The Labute approximate surface area is 150 Å². The number of benzene rings is 1. The molecule has 1 atom stereocenters. The number of fused-ring (bicyclic) bond motifs is 1. The maximum absolute atomic E-state index is 12.4. The van der Waals surface area contributed by atoms with Crippen LogP contribution >= 0.6 is 11.6 Å². The van der Waals surface area contributed by atoms with Gasteiger partial charge in [0.05, 0.1) is 11.3 Å². The van der Waals surface area contributed by atoms with E-state index in [0.29, 0.717) is 29.5 Å². The zero-order chi connectivity index (χ0) is 17.6. The second-order valence-corrected chi connectivity index (χ2v) is 6.81. The second kappa shape index (κ2) is 6.04. The lowest BCUT2D eigenvalue weighted by Crippen LogP contribution is -2.26. The zero-order valence-electron chi connectivity index (χ0n) is 14.0. The number of carbonyl (C=O) groups is 1. The highest BCUT2D eigenvalue weighted by Crippen LogP contribution is 2.28. The van der Waals surface area contributed by atoms with E-state index in [4.69, 9.17) is 11.6 Å². The van der Waals surface area contributed by atoms with Gasteiger partial charge in [-0.05, 0) is 31.0 Å². The SMILES string of the molecule is Cc1nn(C)cc1-c1nc2c([nH]1)C[C@@H](c1ccc(Cl)cc1)CNC2=O. The molecule has 4 rings (SSSR count). The number of carbonyl (C=O) groups excluding carboxylic acids is 1. The summed E-state index contributed by atoms with van der Waals surface area (Å²) in [5, 5.41) is 8.03. The van der Waals surface area contributed by atoms with Gasteiger partial charge in [0.2, 0.25) is 0 Å². The fraction of sp³-hybridized carbons (Fsp3) is 0.278. The summed E-state index contributed by atoms with van der Waals surface area (Å²) in [6.07, 6.45) is 2.62. The molecule has 2 aromatic heterocycles. The lowest BCUT2D eigenvalue weighted by molar-refractivity contribution is 0.0950. The summed E-state index contributed by atoms with van der Waals surface area (Å²) in [6, 6.07) is 7.77. The lowest BCUT2D eigenvalue weighted by Gasteiger charge is -2.14. The first kappa shape index (κ1) is 15.9. The largest absolute Gasteiger partial charge is 0.350 e. The summed E-state index contributed by atoms with van der Waals surface area (Å²) in [4.78, 5) is 20.3. The minimum absolute atomic E-state index is 0.143. The molecule has 7 heteroatoms. The molecule has 1 aromatic carbocycles. The van der Waals surface area contributed by atoms with Crippen LogP contribution in [0.2, 0.25) is 5.02 Å². The molecule has 1 aliphatic heterocycles. The van der Waals surface area contributed by atoms with Crippen molar-refractivity contribution in [3.05, 3.63) is 58.1 Å². The highest BCUT2D eigenvalue weighted by Gasteiger charge is 2.27. The molecule has 0 saturated heterocycles. The quantitative estimate of drug-likeness (QED) is 0.742. The monoisotopic (exact) mass is 355 g/mol. The smallest absolute Gasteiger partial charge is 0.271 e. The summed E-state index contributed by atoms with van der Waals surface area (Å²) in [5.41, 5.74) is 4.25. The first-order valence-electron chi connectivity index (χ1n) is 8.14. The van der Waals surface area contributed by atoms with Gasteiger partial charge in [0.1, 0.15) is 11.5 Å². The highest BCUT2D eigenvalue weighted by atomic mass is 35.5. The molecular weight excluding hydrogens is 338 g/mol. The molecule has 0 spiro atoms. The standard InChI is InChI=1S/C18H18ClN5O/c1-10-14(9-24(2)23-10)17-21-15-7-12(8-20-18(25)16(15)22-17)11-3-5-13(19)6-4-11/h3-6,9,12H,7-8H2,1-2H3,(H,20,25)(H,21,22)/t12-/m1/s1. The van der Waals surface area contributed by atoms with E-state index < -0.39 is 0 Å². The van der Waals surface area contributed by atoms with Gasteiger partial charge in [0, 0.05) is 36.4 Å². The summed E-state index contributed by atoms with van der Waals surface area (Å²) in [7, 11) is 1.87. The van der Waals surface area contributed by atoms with Crippen LogP contribution in [0.4, 0.5) is 0 Å². The fourth-order valence-corrected chi connectivity index (χ4v) is 3.42. The molecule has 2 N–H and O–H groups in total. The van der Waals surface area contributed by atoms with Crippen LogP contribution in [0.25, 0.3) is 11.4 Å². The fourth-order valence-electron chi connectivity index (χ4n) is 3.29. The normalized spacial score (nSPS) is 17.1. The minimum atomic E-state index is -0.143. The molecule has 3 heterocycles. The zero-order valence-corrected chi connectivity index (χ0v) is 14.8. The van der Waals surface area contributed by atoms with Crippen molar-refractivity contribution in [1.82, 2.24) is 25.1 Å². The van der Waals surface area contributed by atoms with Crippen LogP contribution in [0.3, 0.4) is 0 Å². The Hall–Kier alpha value is -2.60. The maximum atomic E-state index is 12.4. The number of H-pyrrole nitrogens is 1. The van der Waals surface area contributed by atoms with Crippen LogP contribution < -0.4 is 5.32 Å². The Balaban J connectivity index is 1.71. The molecule has 0 fully saturated rings. The lowest BCUT2D eigenvalue weighted by atomic mass is 9.94. The number of aryl methyl sites for hydroxylation is 2. The number of amides is 1. The van der Waals surface area contributed by atoms with E-state index in [0.717, 1.165) is 22.5 Å². The van der Waals surface area contributed by atoms with Gasteiger partial charge in [-0.25, -0.2) is 4.98 Å². The van der Waals surface area contributed by atoms with Crippen LogP contribution in [0.1, 0.15) is 33.4 Å². The third-order valence-electron chi connectivity index (χ3n) is 4.56. The van der Waals surface area contributed by atoms with E-state index in [1.807, 2.05) is 44.4 Å². The highest BCUT2D eigenvalue weighted by molar-refractivity contribution is 6.30. The Bertz CT molecular complexity index is 941. The number of nitrogens with one attached hydrogen (secondary N) is 2. The van der Waals surface area contributed by atoms with E-state index in [1.54, 1.807) is 4.68 Å². The molecule has 0 bridgehead atoms. The number of aromatic nitrogens is 4. The topological polar surface area (TPSA) is 75.6 Å². The van der Waals surface area contributed by atoms with Crippen molar-refractivity contribution in [2.45, 2.75) is 19.3 Å². The molecule has 0 saturated carbocycles. The predicted octanol–water partition coefficient (Wildman–Crippen LogP) is 2.84. The van der Waals surface area contributed by atoms with Gasteiger partial charge < -0.3 is 10.3 Å². The van der Waals surface area contributed by atoms with Crippen molar-refractivity contribution < 1.29 is 4.79 Å². The van der Waals surface area contributed by atoms with Crippen molar-refractivity contribution in [1.29, 1.82) is 0 Å². The molecule has 6 nitrogen and oxygen atoms in total. The predicted molar refractivity (Wildman–Crippen MR) is 95.8 cm³/mol. The number of nitrogens with zero attached hydrogens (tertiary/aromatic N) is 3. The van der Waals surface area contributed by atoms with Gasteiger partial charge >= 0.3 is 0 Å². The number of aromatic amines is 1. The van der Waals surface area contributed by atoms with Crippen molar-refractivity contribution in [3.63, 3.8) is 0 Å². The van der Waals surface area contributed by atoms with Crippen LogP contribution in [-0.2, 0) is 13.5 Å². The van der Waals surface area contributed by atoms with E-state index in [-0.39, 0.29) is 11.8 Å². The van der Waals surface area contributed by atoms with Gasteiger partial charge in [0.25, 0.3) is 5.91 Å². The Morgan fingerprint density at radius 2 is 2.04 bits per heavy atom. The van der Waals surface area contributed by atoms with E-state index in [9.17, 15) is 4.79 Å². The van der Waals surface area contributed by atoms with Gasteiger partial charge in [-0.3, -0.25) is 9.48 Å². The first-order chi connectivity index (χ1) is 12.0. The number of imidazole rings is 1. The van der Waals surface area contributed by atoms with Gasteiger partial charge in [-0.2, -0.15) is 5.10 Å². The van der Waals surface area contributed by atoms with Crippen molar-refractivity contribution in [2.24, 2.45) is 7.05 Å². The van der Waals surface area contributed by atoms with Gasteiger partial charge in [-0.15, -0.1) is 0 Å². The molecule has 1 amide bonds. The molecular formula is C18H18ClN5O. The minimum Gasteiger partial charge on any atom is -0.350 e. The van der Waals surface area contributed by atoms with E-state index >= 15 is 0 Å². The average molecular weight is 356 g/mol. The van der Waals surface area contributed by atoms with Crippen molar-refractivity contribution in [3.8, 4) is 11.4 Å². The summed E-state index contributed by atoms with van der Waals surface area (Å²) < 4.78 is 1.75. The number of hydrogen-bond acceptors (Lipinski definition) is 3. The van der Waals surface area contributed by atoms with Crippen molar-refractivity contribution >= 4 is 17.5 Å². The Morgan fingerprint density at radius 1 is 1.28 bits per heavy atom. The van der Waals surface area contributed by atoms with Crippen LogP contribution in [0.5, 0.6) is 0 Å². The van der Waals surface area contributed by atoms with Crippen molar-refractivity contribution in [2.75, 3.05) is 6.54 Å². The molecule has 25 heavy (non-hydrogen) atoms. The summed E-state index contributed by atoms with van der Waals surface area (Å²) in [5.74, 6) is 0.712. The Morgan fingerprint density at radius 3 is 2.72 bits per heavy atom. The van der Waals surface area contributed by atoms with Crippen LogP contribution in [-0.4, -0.2) is 32.2 Å². The Kier molecular flexibility index (Phi) is 3.84. The van der Waals surface area contributed by atoms with E-state index in [1.165, 1.54) is 0 Å². The summed E-state index contributed by atoms with van der Waals surface area (Å²) >= 11 is 5.98. The van der Waals surface area contributed by atoms with Crippen LogP contribution in [0, 0.1) is 6.92 Å². The average Bonchev–Trinajstić information content (AvgIpc) is 3.10. The molecule has 3 aromatic rings. The molecule has 0 unspecified atom stereocenters. The first-order valence-corrected chi connectivity index (χ1v) is 8.52. The number of halogens is 1. The molecule has 0 aliphatic carbocycles. The number of rotatable bonds is 2.